The summed E-state index contributed by atoms with van der Waals surface area (Å²) in [6.45, 7) is 22.5. The summed E-state index contributed by atoms with van der Waals surface area (Å²) in [6.07, 6.45) is 15.1. The van der Waals surface area contributed by atoms with Crippen LogP contribution in [0.5, 0.6) is 0 Å². The molecule has 1 aromatic carbocycles. The number of hydrogen-bond acceptors (Lipinski definition) is 3. The Labute approximate surface area is 296 Å². The molecule has 3 unspecified atom stereocenters. The number of imidazole rings is 1. The minimum atomic E-state index is -0.302. The first-order valence-corrected chi connectivity index (χ1v) is 19.9. The van der Waals surface area contributed by atoms with Crippen molar-refractivity contribution in [3.05, 3.63) is 54.0 Å². The Morgan fingerprint density at radius 1 is 0.898 bits per heavy atom. The van der Waals surface area contributed by atoms with Crippen LogP contribution in [0, 0.1) is 63.6 Å². The maximum absolute atomic E-state index is 15.4. The van der Waals surface area contributed by atoms with Crippen molar-refractivity contribution in [1.82, 2.24) is 14.9 Å². The average Bonchev–Trinajstić information content (AvgIpc) is 3.82. The first kappa shape index (κ1) is 33.7. The van der Waals surface area contributed by atoms with E-state index >= 15 is 4.79 Å². The zero-order valence-corrected chi connectivity index (χ0v) is 31.6. The molecule has 0 radical (unpaired) electrons. The number of nitrogens with zero attached hydrogens (tertiary/aromatic N) is 2. The number of amides is 1. The third-order valence-corrected chi connectivity index (χ3v) is 17.3. The van der Waals surface area contributed by atoms with Crippen molar-refractivity contribution >= 4 is 5.91 Å². The van der Waals surface area contributed by atoms with Crippen LogP contribution in [0.25, 0.3) is 11.3 Å². The first-order chi connectivity index (χ1) is 23.2. The second-order valence-electron chi connectivity index (χ2n) is 19.4. The van der Waals surface area contributed by atoms with Crippen molar-refractivity contribution in [3.8, 4) is 11.3 Å². The number of rotatable bonds is 4. The summed E-state index contributed by atoms with van der Waals surface area (Å²) >= 11 is 0. The predicted octanol–water partition coefficient (Wildman–Crippen LogP) is 10.1. The summed E-state index contributed by atoms with van der Waals surface area (Å²) in [5.41, 5.74) is 5.10. The molecule has 1 saturated heterocycles. The number of aromatic amines is 1. The van der Waals surface area contributed by atoms with Gasteiger partial charge in [-0.15, -0.1) is 0 Å². The second-order valence-corrected chi connectivity index (χ2v) is 19.4. The van der Waals surface area contributed by atoms with Gasteiger partial charge in [-0.1, -0.05) is 76.6 Å². The number of hydrogen-bond donors (Lipinski definition) is 2. The molecule has 1 aromatic heterocycles. The fraction of sp³-hybridized carbons (Fsp3) is 0.727. The molecular weight excluding hydrogens is 603 g/mol. The molecule has 266 valence electrons. The Balaban J connectivity index is 1.12. The molecule has 5 saturated carbocycles. The maximum atomic E-state index is 15.4. The number of nitrogens with one attached hydrogen (secondary N) is 1. The molecule has 0 spiro atoms. The number of likely N-dealkylation sites (tertiary alicyclic amines) is 1. The maximum Gasteiger partial charge on any atom is 0.229 e. The normalized spacial score (nSPS) is 44.1. The van der Waals surface area contributed by atoms with Gasteiger partial charge in [0, 0.05) is 6.54 Å². The molecule has 1 amide bonds. The molecule has 6 aliphatic rings. The zero-order valence-electron chi connectivity index (χ0n) is 31.6. The molecule has 5 heteroatoms. The van der Waals surface area contributed by atoms with E-state index in [2.05, 4.69) is 89.2 Å². The van der Waals surface area contributed by atoms with Crippen molar-refractivity contribution < 1.29 is 9.90 Å². The third-order valence-electron chi connectivity index (χ3n) is 17.3. The number of benzene rings is 1. The van der Waals surface area contributed by atoms with Crippen LogP contribution in [-0.2, 0) is 4.79 Å². The number of aromatic nitrogens is 2. The van der Waals surface area contributed by atoms with Gasteiger partial charge in [-0.2, -0.15) is 0 Å². The van der Waals surface area contributed by atoms with Gasteiger partial charge in [0.25, 0.3) is 0 Å². The van der Waals surface area contributed by atoms with Gasteiger partial charge in [0.1, 0.15) is 5.82 Å². The van der Waals surface area contributed by atoms with E-state index in [4.69, 9.17) is 4.98 Å². The largest absolute Gasteiger partial charge is 0.393 e. The molecule has 11 atom stereocenters. The molecule has 2 N–H and O–H groups in total. The van der Waals surface area contributed by atoms with Crippen LogP contribution in [0.4, 0.5) is 0 Å². The Kier molecular flexibility index (Phi) is 7.78. The first-order valence-electron chi connectivity index (χ1n) is 19.9. The van der Waals surface area contributed by atoms with Crippen LogP contribution in [0.15, 0.2) is 42.6 Å². The number of carbonyl (C=O) groups excluding carboxylic acids is 1. The van der Waals surface area contributed by atoms with E-state index in [1.165, 1.54) is 36.8 Å². The molecular formula is C44H63N3O2. The van der Waals surface area contributed by atoms with Crippen molar-refractivity contribution in [3.63, 3.8) is 0 Å². The number of H-pyrrole nitrogens is 1. The molecule has 5 nitrogen and oxygen atoms in total. The highest BCUT2D eigenvalue weighted by Crippen LogP contribution is 2.77. The number of fused-ring (bicyclic) bond motifs is 7. The molecule has 6 fully saturated rings. The van der Waals surface area contributed by atoms with E-state index in [9.17, 15) is 5.11 Å². The fourth-order valence-electron chi connectivity index (χ4n) is 14.5. The van der Waals surface area contributed by atoms with Gasteiger partial charge in [-0.3, -0.25) is 4.79 Å². The van der Waals surface area contributed by atoms with E-state index in [0.717, 1.165) is 75.0 Å². The molecule has 49 heavy (non-hydrogen) atoms. The monoisotopic (exact) mass is 665 g/mol. The van der Waals surface area contributed by atoms with Crippen LogP contribution in [0.3, 0.4) is 0 Å². The second kappa shape index (κ2) is 11.3. The van der Waals surface area contributed by atoms with Crippen LogP contribution in [-0.4, -0.2) is 38.5 Å². The number of aliphatic hydroxyl groups is 1. The lowest BCUT2D eigenvalue weighted by Gasteiger charge is -2.73. The van der Waals surface area contributed by atoms with Gasteiger partial charge >= 0.3 is 0 Å². The molecule has 1 aliphatic heterocycles. The summed E-state index contributed by atoms with van der Waals surface area (Å²) in [5, 5.41) is 11.1. The van der Waals surface area contributed by atoms with Crippen LogP contribution in [0.2, 0.25) is 0 Å². The van der Waals surface area contributed by atoms with Gasteiger partial charge in [-0.25, -0.2) is 4.98 Å². The van der Waals surface area contributed by atoms with E-state index in [1.54, 1.807) is 0 Å². The highest BCUT2D eigenvalue weighted by molar-refractivity contribution is 5.84. The minimum absolute atomic E-state index is 0.0207. The highest BCUT2D eigenvalue weighted by Gasteiger charge is 2.72. The Morgan fingerprint density at radius 2 is 1.65 bits per heavy atom. The fourth-order valence-corrected chi connectivity index (χ4v) is 14.5. The van der Waals surface area contributed by atoms with Gasteiger partial charge in [0.05, 0.1) is 29.5 Å². The van der Waals surface area contributed by atoms with E-state index in [0.29, 0.717) is 35.5 Å². The Bertz CT molecular complexity index is 1620. The summed E-state index contributed by atoms with van der Waals surface area (Å²) in [5.74, 6) is 3.93. The standard InChI is InChI=1S/C44H63N3O2/c1-27(2)30-17-22-44(39(49)47-25-9-10-33(47)38-45-26-32(46-38)29-13-11-28(3)12-14-29)24-23-42(7)31(37(30)44)15-16-35-41(6)20-19-36(48)40(4,5)34(41)18-21-43(35,42)8/h11-14,26,30-31,33-37,48H,1,9-10,15-25H2,2-8H3,(H,45,46)/t30-,31+,33-,34?,35?,36-,37?,41-,42+,43+,44-/m0/s1. The number of aryl methyl sites for hydroxylation is 1. The molecule has 5 aliphatic carbocycles. The summed E-state index contributed by atoms with van der Waals surface area (Å²) in [6, 6.07) is 8.63. The van der Waals surface area contributed by atoms with Crippen LogP contribution < -0.4 is 0 Å². The van der Waals surface area contributed by atoms with Gasteiger partial charge in [-0.05, 0) is 148 Å². The van der Waals surface area contributed by atoms with Gasteiger partial charge in [0.15, 0.2) is 0 Å². The quantitative estimate of drug-likeness (QED) is 0.320. The van der Waals surface area contributed by atoms with E-state index in [1.807, 2.05) is 6.20 Å². The van der Waals surface area contributed by atoms with Crippen molar-refractivity contribution in [2.75, 3.05) is 6.54 Å². The number of carbonyl (C=O) groups is 1. The highest BCUT2D eigenvalue weighted by atomic mass is 16.3. The van der Waals surface area contributed by atoms with Crippen molar-refractivity contribution in [2.45, 2.75) is 138 Å². The lowest BCUT2D eigenvalue weighted by atomic mass is 9.32. The molecule has 0 bridgehead atoms. The molecule has 2 aromatic rings. The Morgan fingerprint density at radius 3 is 2.39 bits per heavy atom. The SMILES string of the molecule is C=C(C)[C@@H]1CC[C@]2(C(=O)N3CCC[C@H]3c3ncc(-c4ccc(C)cc4)[nH]3)CC[C@]3(C)[C@H](CCC4[C@@]5(C)CC[C@H](O)C(C)(C)C5CC[C@]43C)C12. The van der Waals surface area contributed by atoms with Crippen LogP contribution >= 0.6 is 0 Å². The Hall–Kier alpha value is -2.40. The van der Waals surface area contributed by atoms with Gasteiger partial charge < -0.3 is 15.0 Å². The molecule has 8 rings (SSSR count). The topological polar surface area (TPSA) is 69.2 Å². The number of aliphatic hydroxyl groups excluding tert-OH is 1. The predicted molar refractivity (Wildman–Crippen MR) is 197 cm³/mol. The van der Waals surface area contributed by atoms with Crippen LogP contribution in [0.1, 0.15) is 136 Å². The van der Waals surface area contributed by atoms with E-state index < -0.39 is 0 Å². The van der Waals surface area contributed by atoms with Gasteiger partial charge in [0.2, 0.25) is 5.91 Å². The van der Waals surface area contributed by atoms with E-state index in [-0.39, 0.29) is 39.2 Å². The summed E-state index contributed by atoms with van der Waals surface area (Å²) in [4.78, 5) is 26.2. The summed E-state index contributed by atoms with van der Waals surface area (Å²) < 4.78 is 0. The zero-order chi connectivity index (χ0) is 34.7. The lowest BCUT2D eigenvalue weighted by Crippen LogP contribution is -2.67. The molecule has 2 heterocycles. The average molecular weight is 666 g/mol. The number of allylic oxidation sites excluding steroid dienone is 1. The third kappa shape index (κ3) is 4.58. The smallest absolute Gasteiger partial charge is 0.229 e. The van der Waals surface area contributed by atoms with Crippen molar-refractivity contribution in [2.24, 2.45) is 56.7 Å². The van der Waals surface area contributed by atoms with Crippen molar-refractivity contribution in [1.29, 1.82) is 0 Å². The minimum Gasteiger partial charge on any atom is -0.393 e. The summed E-state index contributed by atoms with van der Waals surface area (Å²) in [7, 11) is 0. The lowest BCUT2D eigenvalue weighted by molar-refractivity contribution is -0.247.